The van der Waals surface area contributed by atoms with Crippen LogP contribution in [0.4, 0.5) is 5.69 Å². The number of ether oxygens (including phenoxy) is 2. The topological polar surface area (TPSA) is 197 Å². The highest BCUT2D eigenvalue weighted by atomic mass is 31.2. The lowest BCUT2D eigenvalue weighted by Gasteiger charge is -2.27. The molecule has 2 aromatic rings. The van der Waals surface area contributed by atoms with E-state index < -0.39 is 45.3 Å². The summed E-state index contributed by atoms with van der Waals surface area (Å²) in [4.78, 5) is 77.6. The average molecular weight is 1040 g/mol. The van der Waals surface area contributed by atoms with E-state index in [2.05, 4.69) is 81.6 Å². The summed E-state index contributed by atoms with van der Waals surface area (Å²) in [5.41, 5.74) is 2.02. The minimum absolute atomic E-state index is 0.00916. The predicted octanol–water partition coefficient (Wildman–Crippen LogP) is 16.2. The van der Waals surface area contributed by atoms with Gasteiger partial charge in [0.1, 0.15) is 5.75 Å². The van der Waals surface area contributed by atoms with Crippen LogP contribution in [0.3, 0.4) is 0 Å². The van der Waals surface area contributed by atoms with Crippen molar-refractivity contribution in [3.63, 3.8) is 0 Å². The number of anilines is 1. The molecule has 2 rings (SSSR count). The van der Waals surface area contributed by atoms with Crippen molar-refractivity contribution in [3.8, 4) is 11.5 Å². The van der Waals surface area contributed by atoms with Crippen LogP contribution in [0.2, 0.25) is 0 Å². The van der Waals surface area contributed by atoms with E-state index in [4.69, 9.17) is 9.47 Å². The van der Waals surface area contributed by atoms with Crippen LogP contribution in [-0.2, 0) is 23.5 Å². The summed E-state index contributed by atoms with van der Waals surface area (Å²) in [6.07, 6.45) is 42.3. The number of hydrogen-bond donors (Lipinski definition) is 5. The van der Waals surface area contributed by atoms with Crippen molar-refractivity contribution >= 4 is 38.7 Å². The van der Waals surface area contributed by atoms with Gasteiger partial charge in [-0.2, -0.15) is 0 Å². The van der Waals surface area contributed by atoms with Gasteiger partial charge in [-0.15, -0.1) is 0 Å². The number of hydrogen-bond acceptors (Lipinski definition) is 7. The van der Waals surface area contributed by atoms with Crippen LogP contribution in [0, 0.1) is 0 Å². The van der Waals surface area contributed by atoms with Crippen molar-refractivity contribution in [2.45, 2.75) is 225 Å². The van der Waals surface area contributed by atoms with Gasteiger partial charge in [0.05, 0.1) is 5.69 Å². The highest BCUT2D eigenvalue weighted by molar-refractivity contribution is 7.70. The van der Waals surface area contributed by atoms with Gasteiger partial charge < -0.3 is 34.4 Å². The SMILES string of the molecule is CCCCCC=CCC=CCCCCCCCC(=O)Oc1ccc(C(CC)C(CC)c2ccc(OC(=O)CCCCCCCC=CCC=CCCCCC)c(NC(=O)CCC(P(=O)(O)O)P(=O)(O)O)c2)cc1. The van der Waals surface area contributed by atoms with E-state index >= 15 is 0 Å². The molecule has 0 aromatic heterocycles. The first-order valence-electron chi connectivity index (χ1n) is 27.3. The first-order valence-corrected chi connectivity index (χ1v) is 30.7. The molecule has 72 heavy (non-hydrogen) atoms. The molecule has 0 aliphatic rings. The quantitative estimate of drug-likeness (QED) is 0.0140. The molecule has 404 valence electrons. The van der Waals surface area contributed by atoms with Gasteiger partial charge in [0.25, 0.3) is 0 Å². The normalized spacial score (nSPS) is 13.2. The largest absolute Gasteiger partial charge is 0.427 e. The molecule has 0 spiro atoms. The van der Waals surface area contributed by atoms with Crippen molar-refractivity contribution in [3.05, 3.63) is 102 Å². The molecule has 14 heteroatoms. The second kappa shape index (κ2) is 38.7. The Hall–Kier alpha value is -3.89. The second-order valence-corrected chi connectivity index (χ2v) is 23.0. The van der Waals surface area contributed by atoms with Crippen molar-refractivity contribution < 1.29 is 52.6 Å². The van der Waals surface area contributed by atoms with E-state index in [1.165, 1.54) is 44.9 Å². The van der Waals surface area contributed by atoms with Crippen LogP contribution in [0.15, 0.2) is 91.1 Å². The first-order chi connectivity index (χ1) is 34.6. The molecular weight excluding hydrogens is 949 g/mol. The molecule has 2 unspecified atom stereocenters. The van der Waals surface area contributed by atoms with Crippen molar-refractivity contribution in [2.75, 3.05) is 5.32 Å². The van der Waals surface area contributed by atoms with Gasteiger partial charge in [-0.3, -0.25) is 23.5 Å². The van der Waals surface area contributed by atoms with Crippen LogP contribution >= 0.6 is 15.2 Å². The fourth-order valence-electron chi connectivity index (χ4n) is 8.78. The molecule has 0 saturated heterocycles. The number of amides is 1. The molecule has 0 radical (unpaired) electrons. The number of benzene rings is 2. The third kappa shape index (κ3) is 29.1. The summed E-state index contributed by atoms with van der Waals surface area (Å²) < 4.78 is 35.3. The standard InChI is InChI=1S/C58H91NO11P2/c1-5-9-11-13-15-17-19-21-23-25-27-29-31-33-35-37-56(61)69-50-42-39-48(40-43-50)51(7-3)52(8-4)49-41-44-54(53(47-49)59-55(60)45-46-58(71(63,64)65)72(66,67)68)70-57(62)38-36-34-32-30-28-26-24-22-20-18-16-14-12-10-6-2/h15-18,21-24,39-44,47,51-52,58H,5-14,19-20,25-38,45-46H2,1-4H3,(H,59,60)(H2,63,64,65)(H2,66,67,68). The summed E-state index contributed by atoms with van der Waals surface area (Å²) >= 11 is 0. The van der Waals surface area contributed by atoms with E-state index in [1.807, 2.05) is 30.3 Å². The van der Waals surface area contributed by atoms with Gasteiger partial charge in [0.2, 0.25) is 5.91 Å². The lowest BCUT2D eigenvalue weighted by molar-refractivity contribution is -0.135. The number of nitrogens with one attached hydrogen (secondary N) is 1. The minimum atomic E-state index is -5.24. The fourth-order valence-corrected chi connectivity index (χ4v) is 11.3. The molecule has 2 aromatic carbocycles. The molecule has 0 bridgehead atoms. The number of esters is 2. The lowest BCUT2D eigenvalue weighted by Crippen LogP contribution is -2.18. The van der Waals surface area contributed by atoms with E-state index in [0.717, 1.165) is 107 Å². The van der Waals surface area contributed by atoms with Gasteiger partial charge in [0, 0.05) is 19.3 Å². The van der Waals surface area contributed by atoms with E-state index in [-0.39, 0.29) is 35.7 Å². The molecule has 0 fully saturated rings. The van der Waals surface area contributed by atoms with Crippen LogP contribution in [0.5, 0.6) is 11.5 Å². The van der Waals surface area contributed by atoms with Gasteiger partial charge in [-0.05, 0) is 144 Å². The highest BCUT2D eigenvalue weighted by Gasteiger charge is 2.43. The predicted molar refractivity (Wildman–Crippen MR) is 295 cm³/mol. The summed E-state index contributed by atoms with van der Waals surface area (Å²) in [5.74, 6) is -0.978. The van der Waals surface area contributed by atoms with Crippen molar-refractivity contribution in [1.29, 1.82) is 0 Å². The van der Waals surface area contributed by atoms with Crippen LogP contribution in [0.1, 0.15) is 230 Å². The molecule has 0 saturated carbocycles. The van der Waals surface area contributed by atoms with Gasteiger partial charge in [-0.1, -0.05) is 159 Å². The lowest BCUT2D eigenvalue weighted by atomic mass is 9.78. The Balaban J connectivity index is 2.02. The maximum absolute atomic E-state index is 13.3. The zero-order valence-electron chi connectivity index (χ0n) is 44.2. The molecule has 12 nitrogen and oxygen atoms in total. The molecular formula is C58H91NO11P2. The number of unbranched alkanes of at least 4 members (excludes halogenated alkanes) is 16. The summed E-state index contributed by atoms with van der Waals surface area (Å²) in [5, 5.41) is 0.366. The highest BCUT2D eigenvalue weighted by Crippen LogP contribution is 2.61. The minimum Gasteiger partial charge on any atom is -0.427 e. The third-order valence-electron chi connectivity index (χ3n) is 12.9. The Morgan fingerprint density at radius 3 is 1.39 bits per heavy atom. The fraction of sp³-hybridized carbons (Fsp3) is 0.603. The summed E-state index contributed by atoms with van der Waals surface area (Å²) in [6.45, 7) is 8.57. The third-order valence-corrected chi connectivity index (χ3v) is 16.8. The molecule has 0 aliphatic carbocycles. The Bertz CT molecular complexity index is 2010. The van der Waals surface area contributed by atoms with Crippen molar-refractivity contribution in [1.82, 2.24) is 0 Å². The smallest absolute Gasteiger partial charge is 0.340 e. The second-order valence-electron chi connectivity index (χ2n) is 19.0. The average Bonchev–Trinajstić information content (AvgIpc) is 3.33. The van der Waals surface area contributed by atoms with Crippen LogP contribution < -0.4 is 14.8 Å². The first kappa shape index (κ1) is 64.2. The molecule has 0 aliphatic heterocycles. The molecule has 5 N–H and O–H groups in total. The Morgan fingerprint density at radius 2 is 0.931 bits per heavy atom. The van der Waals surface area contributed by atoms with E-state index in [0.29, 0.717) is 25.0 Å². The number of rotatable bonds is 41. The Kier molecular flexibility index (Phi) is 34.5. The molecule has 1 amide bonds. The van der Waals surface area contributed by atoms with Gasteiger partial charge >= 0.3 is 27.1 Å². The maximum atomic E-state index is 13.3. The molecule has 2 atom stereocenters. The van der Waals surface area contributed by atoms with Crippen LogP contribution in [-0.4, -0.2) is 42.8 Å². The Labute approximate surface area is 433 Å². The number of allylic oxidation sites excluding steroid dienone is 8. The van der Waals surface area contributed by atoms with Gasteiger partial charge in [-0.25, -0.2) is 0 Å². The Morgan fingerprint density at radius 1 is 0.514 bits per heavy atom. The monoisotopic (exact) mass is 1040 g/mol. The van der Waals surface area contributed by atoms with Crippen molar-refractivity contribution in [2.24, 2.45) is 0 Å². The van der Waals surface area contributed by atoms with Crippen LogP contribution in [0.25, 0.3) is 0 Å². The summed E-state index contributed by atoms with van der Waals surface area (Å²) in [6, 6.07) is 12.7. The van der Waals surface area contributed by atoms with E-state index in [9.17, 15) is 43.1 Å². The summed E-state index contributed by atoms with van der Waals surface area (Å²) in [7, 11) is -10.5. The number of carbonyl (C=O) groups is 3. The number of carbonyl (C=O) groups excluding carboxylic acids is 3. The maximum Gasteiger partial charge on any atom is 0.340 e. The van der Waals surface area contributed by atoms with E-state index in [1.54, 1.807) is 12.1 Å². The van der Waals surface area contributed by atoms with Gasteiger partial charge in [0.15, 0.2) is 11.1 Å². The molecule has 0 heterocycles. The zero-order chi connectivity index (χ0) is 52.9. The zero-order valence-corrected chi connectivity index (χ0v) is 46.0.